The Labute approximate surface area is 145 Å². The maximum Gasteiger partial charge on any atom is 0.330 e. The third-order valence-corrected chi connectivity index (χ3v) is 3.71. The molecule has 1 rings (SSSR count). The smallest absolute Gasteiger partial charge is 0.330 e. The molecule has 0 aliphatic rings. The molecule has 0 bridgehead atoms. The normalized spacial score (nSPS) is 13.1. The topological polar surface area (TPSA) is 29.5 Å². The number of halogens is 1. The lowest BCUT2D eigenvalue weighted by Crippen LogP contribution is -2.38. The fraction of sp³-hybridized carbons (Fsp3) is 0.500. The van der Waals surface area contributed by atoms with Gasteiger partial charge in [-0.15, -0.1) is 17.0 Å². The second-order valence-corrected chi connectivity index (χ2v) is 5.04. The number of rotatable bonds is 9. The molecule has 0 saturated heterocycles. The van der Waals surface area contributed by atoms with E-state index in [1.54, 1.807) is 0 Å². The summed E-state index contributed by atoms with van der Waals surface area (Å²) in [4.78, 5) is 14.0. The Balaban J connectivity index is 0.00000441. The quantitative estimate of drug-likeness (QED) is 0.472. The second-order valence-electron chi connectivity index (χ2n) is 5.04. The fourth-order valence-corrected chi connectivity index (χ4v) is 2.69. The van der Waals surface area contributed by atoms with Gasteiger partial charge in [0.25, 0.3) is 0 Å². The largest absolute Gasteiger partial charge is 0.457 e. The van der Waals surface area contributed by atoms with Crippen molar-refractivity contribution in [3.63, 3.8) is 0 Å². The van der Waals surface area contributed by atoms with Gasteiger partial charge in [-0.1, -0.05) is 64.1 Å². The average molecular weight is 370 g/mol. The number of hydrogen-bond donors (Lipinski definition) is 0. The van der Waals surface area contributed by atoms with Crippen LogP contribution in [0.4, 0.5) is 0 Å². The number of esters is 1. The molecule has 22 heavy (non-hydrogen) atoms. The average Bonchev–Trinajstić information content (AvgIpc) is 2.52. The third-order valence-electron chi connectivity index (χ3n) is 3.71. The summed E-state index contributed by atoms with van der Waals surface area (Å²) in [5.41, 5.74) is 1.19. The summed E-state index contributed by atoms with van der Waals surface area (Å²) in [6.07, 6.45) is 2.91. The summed E-state index contributed by atoms with van der Waals surface area (Å²) in [5, 5.41) is 0. The molecule has 0 N–H and O–H groups in total. The molecule has 0 fully saturated rings. The minimum atomic E-state index is -0.346. The summed E-state index contributed by atoms with van der Waals surface area (Å²) in [5.74, 6) is -0.346. The first-order valence-corrected chi connectivity index (χ1v) is 7.79. The van der Waals surface area contributed by atoms with Gasteiger partial charge >= 0.3 is 5.97 Å². The van der Waals surface area contributed by atoms with Gasteiger partial charge in [0.15, 0.2) is 0 Å². The molecule has 2 atom stereocenters. The van der Waals surface area contributed by atoms with E-state index in [1.165, 1.54) is 11.6 Å². The molecule has 124 valence electrons. The van der Waals surface area contributed by atoms with E-state index in [4.69, 9.17) is 4.74 Å². The number of benzene rings is 1. The van der Waals surface area contributed by atoms with E-state index in [2.05, 4.69) is 44.4 Å². The Morgan fingerprint density at radius 2 is 1.82 bits per heavy atom. The first kappa shape index (κ1) is 20.9. The van der Waals surface area contributed by atoms with Gasteiger partial charge in [-0.3, -0.25) is 4.90 Å². The maximum atomic E-state index is 11.7. The molecule has 0 radical (unpaired) electrons. The van der Waals surface area contributed by atoms with Crippen molar-refractivity contribution in [1.29, 1.82) is 0 Å². The molecule has 4 heteroatoms. The summed E-state index contributed by atoms with van der Waals surface area (Å²) in [7, 11) is 0. The van der Waals surface area contributed by atoms with E-state index < -0.39 is 0 Å². The molecule has 0 aliphatic heterocycles. The lowest BCUT2D eigenvalue weighted by Gasteiger charge is -2.35. The molecule has 0 saturated carbocycles. The van der Waals surface area contributed by atoms with E-state index >= 15 is 0 Å². The highest BCUT2D eigenvalue weighted by Gasteiger charge is 2.29. The monoisotopic (exact) mass is 369 g/mol. The van der Waals surface area contributed by atoms with Crippen molar-refractivity contribution >= 4 is 23.0 Å². The van der Waals surface area contributed by atoms with Gasteiger partial charge in [-0.25, -0.2) is 4.79 Å². The lowest BCUT2D eigenvalue weighted by atomic mass is 9.96. The van der Waals surface area contributed by atoms with Crippen molar-refractivity contribution in [3.05, 3.63) is 48.6 Å². The summed E-state index contributed by atoms with van der Waals surface area (Å²) < 4.78 is 5.64. The number of likely N-dealkylation sites (N-methyl/N-ethyl adjacent to an activating group) is 1. The summed E-state index contributed by atoms with van der Waals surface area (Å²) in [6, 6.07) is 10.4. The van der Waals surface area contributed by atoms with Gasteiger partial charge in [0.05, 0.1) is 6.04 Å². The van der Waals surface area contributed by atoms with Crippen LogP contribution in [0.15, 0.2) is 43.0 Å². The first-order chi connectivity index (χ1) is 10.2. The van der Waals surface area contributed by atoms with E-state index in [-0.39, 0.29) is 35.1 Å². The fourth-order valence-electron chi connectivity index (χ4n) is 2.69. The molecule has 0 amide bonds. The van der Waals surface area contributed by atoms with E-state index in [1.807, 2.05) is 18.2 Å². The number of carbonyl (C=O) groups is 1. The maximum absolute atomic E-state index is 11.7. The number of carbonyl (C=O) groups excluding carboxylic acids is 1. The predicted molar refractivity (Wildman–Crippen MR) is 97.4 cm³/mol. The number of nitrogens with zero attached hydrogens (tertiary/aromatic N) is 1. The van der Waals surface area contributed by atoms with Gasteiger partial charge in [0.2, 0.25) is 0 Å². The van der Waals surface area contributed by atoms with Crippen molar-refractivity contribution < 1.29 is 9.53 Å². The standard InChI is InChI=1S/C18H27NO2.BrH/c1-5-12-16(21-17(20)6-2)18(19(7-3)8-4)15-13-10-9-11-14-15;/h6,9-11,13-14,16,18H,2,5,7-8,12H2,1,3-4H3;1H. The van der Waals surface area contributed by atoms with Crippen molar-refractivity contribution in [2.45, 2.75) is 45.8 Å². The third kappa shape index (κ3) is 5.93. The van der Waals surface area contributed by atoms with Crippen LogP contribution in [0.3, 0.4) is 0 Å². The van der Waals surface area contributed by atoms with Gasteiger partial charge in [0, 0.05) is 6.08 Å². The van der Waals surface area contributed by atoms with E-state index in [0.29, 0.717) is 0 Å². The molecule has 1 aromatic rings. The van der Waals surface area contributed by atoms with Crippen LogP contribution in [0.2, 0.25) is 0 Å². The van der Waals surface area contributed by atoms with Gasteiger partial charge in [-0.05, 0) is 25.1 Å². The summed E-state index contributed by atoms with van der Waals surface area (Å²) in [6.45, 7) is 11.7. The van der Waals surface area contributed by atoms with Gasteiger partial charge in [-0.2, -0.15) is 0 Å². The zero-order chi connectivity index (χ0) is 15.7. The summed E-state index contributed by atoms with van der Waals surface area (Å²) >= 11 is 0. The highest BCUT2D eigenvalue weighted by molar-refractivity contribution is 8.93. The molecular formula is C18H28BrNO2. The Bertz CT molecular complexity index is 432. The number of ether oxygens (including phenoxy) is 1. The Morgan fingerprint density at radius 1 is 1.23 bits per heavy atom. The van der Waals surface area contributed by atoms with Crippen molar-refractivity contribution in [3.8, 4) is 0 Å². The van der Waals surface area contributed by atoms with Crippen LogP contribution < -0.4 is 0 Å². The first-order valence-electron chi connectivity index (χ1n) is 7.79. The molecule has 0 aromatic heterocycles. The molecule has 3 nitrogen and oxygen atoms in total. The van der Waals surface area contributed by atoms with Crippen LogP contribution in [0.1, 0.15) is 45.2 Å². The van der Waals surface area contributed by atoms with Crippen LogP contribution in [-0.4, -0.2) is 30.1 Å². The number of hydrogen-bond acceptors (Lipinski definition) is 3. The van der Waals surface area contributed by atoms with Crippen molar-refractivity contribution in [2.75, 3.05) is 13.1 Å². The van der Waals surface area contributed by atoms with E-state index in [0.717, 1.165) is 25.9 Å². The molecular weight excluding hydrogens is 342 g/mol. The van der Waals surface area contributed by atoms with Crippen LogP contribution in [0, 0.1) is 0 Å². The van der Waals surface area contributed by atoms with Crippen molar-refractivity contribution in [2.24, 2.45) is 0 Å². The Hall–Kier alpha value is -1.13. The highest BCUT2D eigenvalue weighted by atomic mass is 79.9. The molecule has 0 spiro atoms. The Morgan fingerprint density at radius 3 is 2.27 bits per heavy atom. The van der Waals surface area contributed by atoms with Crippen LogP contribution in [0.5, 0.6) is 0 Å². The molecule has 0 heterocycles. The lowest BCUT2D eigenvalue weighted by molar-refractivity contribution is -0.147. The Kier molecular flexibility index (Phi) is 10.9. The SMILES string of the molecule is Br.C=CC(=O)OC(CCC)C(c1ccccc1)N(CC)CC. The van der Waals surface area contributed by atoms with Crippen LogP contribution in [-0.2, 0) is 9.53 Å². The van der Waals surface area contributed by atoms with Crippen LogP contribution >= 0.6 is 17.0 Å². The zero-order valence-corrected chi connectivity index (χ0v) is 15.5. The predicted octanol–water partition coefficient (Wildman–Crippen LogP) is 4.55. The highest BCUT2D eigenvalue weighted by Crippen LogP contribution is 2.29. The minimum Gasteiger partial charge on any atom is -0.457 e. The van der Waals surface area contributed by atoms with Gasteiger partial charge < -0.3 is 4.74 Å². The molecule has 0 aliphatic carbocycles. The van der Waals surface area contributed by atoms with Crippen LogP contribution in [0.25, 0.3) is 0 Å². The van der Waals surface area contributed by atoms with Crippen molar-refractivity contribution in [1.82, 2.24) is 4.90 Å². The molecule has 1 aromatic carbocycles. The molecule has 2 unspecified atom stereocenters. The zero-order valence-electron chi connectivity index (χ0n) is 13.8. The minimum absolute atomic E-state index is 0. The van der Waals surface area contributed by atoms with Gasteiger partial charge in [0.1, 0.15) is 6.10 Å². The second kappa shape index (κ2) is 11.4. The van der Waals surface area contributed by atoms with E-state index in [9.17, 15) is 4.79 Å².